The Hall–Kier alpha value is -1.18. The highest BCUT2D eigenvalue weighted by Crippen LogP contribution is 2.80. The molecule has 3 fully saturated rings. The molecule has 2 nitrogen and oxygen atoms in total. The third kappa shape index (κ3) is 1.29. The Balaban J connectivity index is 1.79. The van der Waals surface area contributed by atoms with Crippen molar-refractivity contribution < 1.29 is 9.59 Å². The Labute approximate surface area is 157 Å². The second-order valence-electron chi connectivity index (χ2n) is 11.2. The molecular weight excluding hydrogens is 320 g/mol. The summed E-state index contributed by atoms with van der Waals surface area (Å²) in [5, 5.41) is 0. The van der Waals surface area contributed by atoms with Crippen molar-refractivity contribution in [3.63, 3.8) is 0 Å². The van der Waals surface area contributed by atoms with Crippen molar-refractivity contribution in [1.82, 2.24) is 0 Å². The fraction of sp³-hybridized carbons (Fsp3) is 0.750. The van der Waals surface area contributed by atoms with E-state index in [0.29, 0.717) is 29.3 Å². The average molecular weight is 353 g/mol. The number of hydrogen-bond donors (Lipinski definition) is 0. The van der Waals surface area contributed by atoms with Crippen LogP contribution in [0.4, 0.5) is 0 Å². The third-order valence-corrected chi connectivity index (χ3v) is 10.3. The van der Waals surface area contributed by atoms with Crippen molar-refractivity contribution in [2.45, 2.75) is 67.2 Å². The number of carbonyl (C=O) groups is 2. The minimum absolute atomic E-state index is 0.0199. The summed E-state index contributed by atoms with van der Waals surface area (Å²) in [5.41, 5.74) is 0.478. The van der Waals surface area contributed by atoms with E-state index in [1.807, 2.05) is 0 Å². The van der Waals surface area contributed by atoms with E-state index in [4.69, 9.17) is 0 Å². The highest BCUT2D eigenvalue weighted by molar-refractivity contribution is 5.96. The predicted octanol–water partition coefficient (Wildman–Crippen LogP) is 5.14. The normalized spacial score (nSPS) is 52.5. The monoisotopic (exact) mass is 352 g/mol. The molecule has 2 bridgehead atoms. The van der Waals surface area contributed by atoms with Gasteiger partial charge in [0, 0.05) is 23.7 Å². The topological polar surface area (TPSA) is 34.1 Å². The molecule has 0 aromatic carbocycles. The van der Waals surface area contributed by atoms with Crippen molar-refractivity contribution >= 4 is 11.6 Å². The van der Waals surface area contributed by atoms with Crippen LogP contribution in [-0.4, -0.2) is 11.6 Å². The zero-order chi connectivity index (χ0) is 18.9. The van der Waals surface area contributed by atoms with Crippen LogP contribution in [0.5, 0.6) is 0 Å². The molecule has 0 aromatic heterocycles. The summed E-state index contributed by atoms with van der Waals surface area (Å²) in [7, 11) is 0. The molecule has 0 aromatic rings. The zero-order valence-corrected chi connectivity index (χ0v) is 17.1. The fourth-order valence-electron chi connectivity index (χ4n) is 9.19. The minimum Gasteiger partial charge on any atom is -0.299 e. The van der Waals surface area contributed by atoms with Gasteiger partial charge in [0.25, 0.3) is 0 Å². The summed E-state index contributed by atoms with van der Waals surface area (Å²) in [4.78, 5) is 26.1. The number of Topliss-reactive ketones (excluding diaryl/α,β-unsaturated/α-hetero) is 2. The van der Waals surface area contributed by atoms with Gasteiger partial charge >= 0.3 is 0 Å². The summed E-state index contributed by atoms with van der Waals surface area (Å²) in [6, 6.07) is 0. The fourth-order valence-corrected chi connectivity index (χ4v) is 9.19. The standard InChI is InChI=1S/C24H32O2/c1-14-13-15-16-7-10-22(6,24(20(16,2)3)12-9-18(24)26)19(15)21(4,5)23(14)11-8-17(23)25/h7,10,13,15-16,19H,8-9,11-12H2,1-6H3. The number of hydrogen-bond acceptors (Lipinski definition) is 2. The summed E-state index contributed by atoms with van der Waals surface area (Å²) in [5.74, 6) is 2.08. The highest BCUT2D eigenvalue weighted by atomic mass is 16.1. The lowest BCUT2D eigenvalue weighted by Gasteiger charge is -2.77. The molecule has 0 radical (unpaired) electrons. The Morgan fingerprint density at radius 3 is 2.04 bits per heavy atom. The highest BCUT2D eigenvalue weighted by Gasteiger charge is 2.78. The van der Waals surface area contributed by atoms with Crippen LogP contribution in [-0.2, 0) is 9.59 Å². The summed E-state index contributed by atoms with van der Waals surface area (Å²) in [6.07, 6.45) is 10.7. The lowest BCUT2D eigenvalue weighted by atomic mass is 9.25. The summed E-state index contributed by atoms with van der Waals surface area (Å²) < 4.78 is 0. The Morgan fingerprint density at radius 2 is 1.58 bits per heavy atom. The first-order valence-electron chi connectivity index (χ1n) is 10.4. The smallest absolute Gasteiger partial charge is 0.143 e. The van der Waals surface area contributed by atoms with Gasteiger partial charge in [-0.05, 0) is 48.3 Å². The first kappa shape index (κ1) is 17.0. The van der Waals surface area contributed by atoms with Crippen molar-refractivity contribution in [3.05, 3.63) is 23.8 Å². The van der Waals surface area contributed by atoms with E-state index in [1.54, 1.807) is 0 Å². The number of rotatable bonds is 0. The largest absolute Gasteiger partial charge is 0.299 e. The molecular formula is C24H32O2. The Morgan fingerprint density at radius 1 is 0.923 bits per heavy atom. The van der Waals surface area contributed by atoms with Gasteiger partial charge in [0.15, 0.2) is 0 Å². The van der Waals surface area contributed by atoms with Gasteiger partial charge in [-0.25, -0.2) is 0 Å². The first-order valence-corrected chi connectivity index (χ1v) is 10.4. The van der Waals surface area contributed by atoms with Gasteiger partial charge in [0.05, 0.1) is 5.41 Å². The molecule has 0 amide bonds. The molecule has 3 saturated carbocycles. The van der Waals surface area contributed by atoms with Crippen LogP contribution in [0.15, 0.2) is 23.8 Å². The summed E-state index contributed by atoms with van der Waals surface area (Å²) >= 11 is 0. The van der Waals surface area contributed by atoms with Gasteiger partial charge in [0.1, 0.15) is 11.6 Å². The maximum atomic E-state index is 13.2. The van der Waals surface area contributed by atoms with Gasteiger partial charge in [-0.2, -0.15) is 0 Å². The number of ketones is 2. The molecule has 26 heavy (non-hydrogen) atoms. The van der Waals surface area contributed by atoms with Crippen LogP contribution < -0.4 is 0 Å². The molecule has 6 aliphatic carbocycles. The van der Waals surface area contributed by atoms with Crippen LogP contribution in [0.3, 0.4) is 0 Å². The first-order chi connectivity index (χ1) is 12.0. The molecule has 2 spiro atoms. The third-order valence-electron chi connectivity index (χ3n) is 10.3. The van der Waals surface area contributed by atoms with E-state index in [9.17, 15) is 9.59 Å². The van der Waals surface area contributed by atoms with Crippen molar-refractivity contribution in [2.75, 3.05) is 0 Å². The lowest BCUT2D eigenvalue weighted by molar-refractivity contribution is -0.236. The van der Waals surface area contributed by atoms with Crippen LogP contribution in [0, 0.1) is 44.8 Å². The van der Waals surface area contributed by atoms with Gasteiger partial charge in [0.2, 0.25) is 0 Å². The van der Waals surface area contributed by atoms with Crippen molar-refractivity contribution in [2.24, 2.45) is 44.8 Å². The molecule has 6 rings (SSSR count). The quantitative estimate of drug-likeness (QED) is 0.566. The van der Waals surface area contributed by atoms with Crippen molar-refractivity contribution in [1.29, 1.82) is 0 Å². The molecule has 0 heterocycles. The van der Waals surface area contributed by atoms with Crippen LogP contribution >= 0.6 is 0 Å². The van der Waals surface area contributed by atoms with Gasteiger partial charge < -0.3 is 0 Å². The average Bonchev–Trinajstić information content (AvgIpc) is 2.49. The van der Waals surface area contributed by atoms with Gasteiger partial charge in [-0.1, -0.05) is 58.4 Å². The van der Waals surface area contributed by atoms with E-state index < -0.39 is 0 Å². The van der Waals surface area contributed by atoms with Crippen molar-refractivity contribution in [3.8, 4) is 0 Å². The molecule has 2 heteroatoms. The van der Waals surface area contributed by atoms with E-state index in [2.05, 4.69) is 59.8 Å². The molecule has 140 valence electrons. The van der Waals surface area contributed by atoms with E-state index in [-0.39, 0.29) is 27.1 Å². The molecule has 0 saturated heterocycles. The number of carbonyl (C=O) groups excluding carboxylic acids is 2. The second kappa shape index (κ2) is 4.28. The Bertz CT molecular complexity index is 812. The maximum absolute atomic E-state index is 13.2. The van der Waals surface area contributed by atoms with Gasteiger partial charge in [-0.15, -0.1) is 0 Å². The molecule has 0 aliphatic heterocycles. The molecule has 0 N–H and O–H groups in total. The van der Waals surface area contributed by atoms with Gasteiger partial charge in [-0.3, -0.25) is 9.59 Å². The second-order valence-corrected chi connectivity index (χ2v) is 11.2. The molecule has 6 aliphatic rings. The van der Waals surface area contributed by atoms with Crippen LogP contribution in [0.2, 0.25) is 0 Å². The SMILES string of the molecule is CC1=CC2C3C=CC(C)(C2C(C)(C)C12CCC2=O)C1(CCC1=O)C3(C)C. The number of allylic oxidation sites excluding steroid dienone is 4. The van der Waals surface area contributed by atoms with E-state index >= 15 is 0 Å². The van der Waals surface area contributed by atoms with E-state index in [0.717, 1.165) is 25.7 Å². The zero-order valence-electron chi connectivity index (χ0n) is 17.1. The lowest BCUT2D eigenvalue weighted by Crippen LogP contribution is -2.75. The predicted molar refractivity (Wildman–Crippen MR) is 102 cm³/mol. The Kier molecular flexibility index (Phi) is 2.79. The van der Waals surface area contributed by atoms with Crippen LogP contribution in [0.25, 0.3) is 0 Å². The molecule has 6 atom stereocenters. The molecule has 6 unspecified atom stereocenters. The minimum atomic E-state index is -0.291. The van der Waals surface area contributed by atoms with Crippen LogP contribution in [0.1, 0.15) is 67.2 Å². The summed E-state index contributed by atoms with van der Waals surface area (Å²) in [6.45, 7) is 13.9. The van der Waals surface area contributed by atoms with E-state index in [1.165, 1.54) is 5.57 Å². The maximum Gasteiger partial charge on any atom is 0.143 e.